The van der Waals surface area contributed by atoms with E-state index in [9.17, 15) is 0 Å². The number of rotatable bonds is 5. The van der Waals surface area contributed by atoms with Crippen LogP contribution in [0, 0.1) is 5.41 Å². The van der Waals surface area contributed by atoms with E-state index in [1.807, 2.05) is 18.2 Å². The summed E-state index contributed by atoms with van der Waals surface area (Å²) in [7, 11) is 0. The smallest absolute Gasteiger partial charge is 0.231 e. The Hall–Kier alpha value is -1.43. The van der Waals surface area contributed by atoms with Gasteiger partial charge in [-0.05, 0) is 30.5 Å². The molecule has 0 radical (unpaired) electrons. The molecule has 120 valence electrons. The van der Waals surface area contributed by atoms with Crippen LogP contribution >= 0.6 is 12.4 Å². The minimum atomic E-state index is 0. The van der Waals surface area contributed by atoms with Crippen molar-refractivity contribution < 1.29 is 4.52 Å². The fraction of sp³-hybridized carbons (Fsp3) is 0.500. The summed E-state index contributed by atoms with van der Waals surface area (Å²) in [5, 5.41) is 4.09. The van der Waals surface area contributed by atoms with Crippen LogP contribution in [0.25, 0.3) is 0 Å². The molecule has 1 aromatic carbocycles. The zero-order valence-corrected chi connectivity index (χ0v) is 13.7. The van der Waals surface area contributed by atoms with Crippen LogP contribution < -0.4 is 5.73 Å². The van der Waals surface area contributed by atoms with E-state index in [1.54, 1.807) is 0 Å². The normalized spacial score (nSPS) is 21.7. The monoisotopic (exact) mass is 322 g/mol. The molecule has 0 bridgehead atoms. The number of hydrogen-bond acceptors (Lipinski definition) is 5. The highest BCUT2D eigenvalue weighted by atomic mass is 35.5. The summed E-state index contributed by atoms with van der Waals surface area (Å²) in [6, 6.07) is 10.2. The molecular formula is C16H23ClN4O. The van der Waals surface area contributed by atoms with E-state index in [0.29, 0.717) is 12.3 Å². The minimum Gasteiger partial charge on any atom is -0.339 e. The van der Waals surface area contributed by atoms with Crippen LogP contribution in [0.3, 0.4) is 0 Å². The van der Waals surface area contributed by atoms with Crippen LogP contribution in [0.1, 0.15) is 30.6 Å². The second kappa shape index (κ2) is 7.22. The Balaban J connectivity index is 0.00000176. The average molecular weight is 323 g/mol. The summed E-state index contributed by atoms with van der Waals surface area (Å²) < 4.78 is 5.34. The van der Waals surface area contributed by atoms with Gasteiger partial charge in [-0.15, -0.1) is 12.4 Å². The van der Waals surface area contributed by atoms with Gasteiger partial charge >= 0.3 is 0 Å². The molecule has 5 nitrogen and oxygen atoms in total. The molecule has 1 aliphatic rings. The van der Waals surface area contributed by atoms with E-state index in [0.717, 1.165) is 38.4 Å². The highest BCUT2D eigenvalue weighted by Crippen LogP contribution is 2.29. The third kappa shape index (κ3) is 4.06. The Morgan fingerprint density at radius 1 is 1.32 bits per heavy atom. The van der Waals surface area contributed by atoms with Crippen LogP contribution in [0.4, 0.5) is 0 Å². The molecule has 1 fully saturated rings. The number of benzene rings is 1. The minimum absolute atomic E-state index is 0. The van der Waals surface area contributed by atoms with Gasteiger partial charge in [0.15, 0.2) is 5.82 Å². The first kappa shape index (κ1) is 16.9. The first-order valence-corrected chi connectivity index (χ1v) is 7.45. The first-order chi connectivity index (χ1) is 10.2. The van der Waals surface area contributed by atoms with Crippen molar-refractivity contribution in [1.82, 2.24) is 15.0 Å². The van der Waals surface area contributed by atoms with Gasteiger partial charge in [-0.1, -0.05) is 42.4 Å². The van der Waals surface area contributed by atoms with Gasteiger partial charge in [-0.3, -0.25) is 4.90 Å². The Morgan fingerprint density at radius 3 is 2.77 bits per heavy atom. The predicted octanol–water partition coefficient (Wildman–Crippen LogP) is 2.25. The molecule has 1 unspecified atom stereocenters. The second-order valence-corrected chi connectivity index (χ2v) is 6.24. The van der Waals surface area contributed by atoms with Gasteiger partial charge in [0.25, 0.3) is 0 Å². The molecule has 0 aliphatic carbocycles. The number of nitrogens with zero attached hydrogens (tertiary/aromatic N) is 3. The average Bonchev–Trinajstić information content (AvgIpc) is 3.08. The van der Waals surface area contributed by atoms with Crippen molar-refractivity contribution in [2.75, 3.05) is 19.6 Å². The van der Waals surface area contributed by atoms with Crippen LogP contribution in [0.5, 0.6) is 0 Å². The lowest BCUT2D eigenvalue weighted by atomic mass is 9.90. The largest absolute Gasteiger partial charge is 0.339 e. The van der Waals surface area contributed by atoms with Crippen molar-refractivity contribution in [2.45, 2.75) is 26.3 Å². The molecule has 0 amide bonds. The molecule has 22 heavy (non-hydrogen) atoms. The van der Waals surface area contributed by atoms with Crippen molar-refractivity contribution in [3.8, 4) is 0 Å². The number of halogens is 1. The van der Waals surface area contributed by atoms with Gasteiger partial charge in [0, 0.05) is 6.54 Å². The number of aromatic nitrogens is 2. The SMILES string of the molecule is CC1(CN)CCN(Cc2noc(Cc3ccccc3)n2)C1.Cl. The van der Waals surface area contributed by atoms with Gasteiger partial charge in [0.1, 0.15) is 0 Å². The molecule has 1 saturated heterocycles. The zero-order valence-electron chi connectivity index (χ0n) is 12.9. The molecule has 1 aliphatic heterocycles. The maximum absolute atomic E-state index is 5.84. The maximum Gasteiger partial charge on any atom is 0.231 e. The maximum atomic E-state index is 5.84. The molecule has 3 rings (SSSR count). The number of nitrogens with two attached hydrogens (primary N) is 1. The number of likely N-dealkylation sites (tertiary alicyclic amines) is 1. The van der Waals surface area contributed by atoms with Gasteiger partial charge < -0.3 is 10.3 Å². The Labute approximate surface area is 137 Å². The van der Waals surface area contributed by atoms with Gasteiger partial charge in [-0.2, -0.15) is 4.98 Å². The van der Waals surface area contributed by atoms with Crippen LogP contribution in [0.2, 0.25) is 0 Å². The molecular weight excluding hydrogens is 300 g/mol. The Bertz CT molecular complexity index is 589. The zero-order chi connectivity index (χ0) is 14.7. The molecule has 2 heterocycles. The van der Waals surface area contributed by atoms with Crippen LogP contribution in [-0.2, 0) is 13.0 Å². The summed E-state index contributed by atoms with van der Waals surface area (Å²) in [5.74, 6) is 1.44. The van der Waals surface area contributed by atoms with Gasteiger partial charge in [0.2, 0.25) is 5.89 Å². The van der Waals surface area contributed by atoms with Gasteiger partial charge in [0.05, 0.1) is 13.0 Å². The van der Waals surface area contributed by atoms with Crippen molar-refractivity contribution >= 4 is 12.4 Å². The second-order valence-electron chi connectivity index (χ2n) is 6.24. The Kier molecular flexibility index (Phi) is 5.56. The summed E-state index contributed by atoms with van der Waals surface area (Å²) in [4.78, 5) is 6.84. The summed E-state index contributed by atoms with van der Waals surface area (Å²) >= 11 is 0. The van der Waals surface area contributed by atoms with Crippen molar-refractivity contribution in [3.05, 3.63) is 47.6 Å². The van der Waals surface area contributed by atoms with Crippen molar-refractivity contribution in [1.29, 1.82) is 0 Å². The highest BCUT2D eigenvalue weighted by molar-refractivity contribution is 5.85. The third-order valence-corrected chi connectivity index (χ3v) is 4.20. The highest BCUT2D eigenvalue weighted by Gasteiger charge is 2.32. The fourth-order valence-electron chi connectivity index (χ4n) is 2.82. The summed E-state index contributed by atoms with van der Waals surface area (Å²) in [5.41, 5.74) is 7.25. The number of hydrogen-bond donors (Lipinski definition) is 1. The summed E-state index contributed by atoms with van der Waals surface area (Å²) in [6.45, 7) is 5.77. The molecule has 0 saturated carbocycles. The molecule has 0 spiro atoms. The van der Waals surface area contributed by atoms with Crippen LogP contribution in [0.15, 0.2) is 34.9 Å². The molecule has 2 N–H and O–H groups in total. The van der Waals surface area contributed by atoms with E-state index in [2.05, 4.69) is 34.1 Å². The summed E-state index contributed by atoms with van der Waals surface area (Å²) in [6.07, 6.45) is 1.83. The molecule has 6 heteroatoms. The van der Waals surface area contributed by atoms with E-state index in [4.69, 9.17) is 10.3 Å². The molecule has 1 atom stereocenters. The van der Waals surface area contributed by atoms with Crippen molar-refractivity contribution in [2.24, 2.45) is 11.1 Å². The lowest BCUT2D eigenvalue weighted by Gasteiger charge is -2.21. The fourth-order valence-corrected chi connectivity index (χ4v) is 2.82. The predicted molar refractivity (Wildman–Crippen MR) is 87.8 cm³/mol. The lowest BCUT2D eigenvalue weighted by molar-refractivity contribution is 0.265. The van der Waals surface area contributed by atoms with E-state index in [1.165, 1.54) is 5.56 Å². The van der Waals surface area contributed by atoms with Gasteiger partial charge in [-0.25, -0.2) is 0 Å². The van der Waals surface area contributed by atoms with Crippen LogP contribution in [-0.4, -0.2) is 34.7 Å². The van der Waals surface area contributed by atoms with Crippen molar-refractivity contribution in [3.63, 3.8) is 0 Å². The molecule has 2 aromatic rings. The van der Waals surface area contributed by atoms with E-state index in [-0.39, 0.29) is 17.8 Å². The first-order valence-electron chi connectivity index (χ1n) is 7.45. The molecule has 1 aromatic heterocycles. The standard InChI is InChI=1S/C16H22N4O.ClH/c1-16(11-17)7-8-20(12-16)10-14-18-15(21-19-14)9-13-5-3-2-4-6-13;/h2-6H,7-12,17H2,1H3;1H. The lowest BCUT2D eigenvalue weighted by Crippen LogP contribution is -2.31. The quantitative estimate of drug-likeness (QED) is 0.914. The van der Waals surface area contributed by atoms with E-state index < -0.39 is 0 Å². The third-order valence-electron chi connectivity index (χ3n) is 4.20. The van der Waals surface area contributed by atoms with E-state index >= 15 is 0 Å². The Morgan fingerprint density at radius 2 is 2.09 bits per heavy atom. The topological polar surface area (TPSA) is 68.2 Å².